The number of anilines is 2. The van der Waals surface area contributed by atoms with Gasteiger partial charge in [-0.05, 0) is 36.4 Å². The molecule has 9 nitrogen and oxygen atoms in total. The number of hydrogen-bond donors (Lipinski definition) is 2. The molecule has 2 aromatic carbocycles. The highest BCUT2D eigenvalue weighted by Crippen LogP contribution is 2.34. The van der Waals surface area contributed by atoms with Crippen molar-refractivity contribution in [3.8, 4) is 0 Å². The fraction of sp³-hybridized carbons (Fsp3) is 0.0952. The molecule has 31 heavy (non-hydrogen) atoms. The van der Waals surface area contributed by atoms with Gasteiger partial charge in [0.2, 0.25) is 0 Å². The van der Waals surface area contributed by atoms with E-state index in [1.54, 1.807) is 54.6 Å². The molecule has 1 amide bonds. The zero-order valence-electron chi connectivity index (χ0n) is 16.0. The Morgan fingerprint density at radius 2 is 1.81 bits per heavy atom. The number of nitrogens with zero attached hydrogens (tertiary/aromatic N) is 2. The van der Waals surface area contributed by atoms with Crippen LogP contribution in [0.25, 0.3) is 0 Å². The van der Waals surface area contributed by atoms with Crippen molar-refractivity contribution in [2.24, 2.45) is 10.3 Å². The van der Waals surface area contributed by atoms with Crippen LogP contribution < -0.4 is 15.8 Å². The molecule has 3 aromatic rings. The van der Waals surface area contributed by atoms with Gasteiger partial charge in [0.25, 0.3) is 15.9 Å². The fourth-order valence-electron chi connectivity index (χ4n) is 3.63. The van der Waals surface area contributed by atoms with Crippen LogP contribution in [0, 0.1) is 5.92 Å². The van der Waals surface area contributed by atoms with Gasteiger partial charge >= 0.3 is 0 Å². The third-order valence-corrected chi connectivity index (χ3v) is 6.40. The summed E-state index contributed by atoms with van der Waals surface area (Å²) in [6, 6.07) is 16.3. The van der Waals surface area contributed by atoms with E-state index in [0.29, 0.717) is 11.4 Å². The van der Waals surface area contributed by atoms with Gasteiger partial charge in [0.15, 0.2) is 11.7 Å². The molecule has 2 aliphatic rings. The van der Waals surface area contributed by atoms with Gasteiger partial charge in [-0.2, -0.15) is 8.42 Å². The number of hydrazine groups is 1. The van der Waals surface area contributed by atoms with E-state index in [9.17, 15) is 18.0 Å². The highest BCUT2D eigenvalue weighted by atomic mass is 32.2. The summed E-state index contributed by atoms with van der Waals surface area (Å²) in [6.45, 7) is 0.190. The molecule has 0 radical (unpaired) electrons. The van der Waals surface area contributed by atoms with E-state index in [-0.39, 0.29) is 28.5 Å². The zero-order chi connectivity index (χ0) is 21.6. The van der Waals surface area contributed by atoms with Gasteiger partial charge in [-0.15, -0.1) is 4.40 Å². The average Bonchev–Trinajstić information content (AvgIpc) is 3.27. The number of nitrogens with one attached hydrogen (secondary N) is 2. The molecule has 1 aromatic heterocycles. The molecule has 10 heteroatoms. The molecule has 0 saturated heterocycles. The SMILES string of the molecule is O=C1c2ccccc2N(NCc2ccco2)C(=O)C1C1=NS(=O)(=O)c2ccccc2N1. The molecule has 5 rings (SSSR count). The normalized spacial score (nSPS) is 19.3. The molecular weight excluding hydrogens is 420 g/mol. The Kier molecular flexibility index (Phi) is 4.45. The first-order chi connectivity index (χ1) is 15.0. The van der Waals surface area contributed by atoms with E-state index >= 15 is 0 Å². The Hall–Kier alpha value is -3.76. The smallest absolute Gasteiger partial charge is 0.286 e. The maximum atomic E-state index is 13.4. The predicted molar refractivity (Wildman–Crippen MR) is 112 cm³/mol. The van der Waals surface area contributed by atoms with E-state index in [1.165, 1.54) is 17.3 Å². The van der Waals surface area contributed by atoms with Crippen molar-refractivity contribution in [1.29, 1.82) is 0 Å². The molecule has 2 N–H and O–H groups in total. The number of ketones is 1. The van der Waals surface area contributed by atoms with Gasteiger partial charge in [0.1, 0.15) is 16.5 Å². The Labute approximate surface area is 177 Å². The molecule has 1 atom stereocenters. The second kappa shape index (κ2) is 7.18. The third-order valence-electron chi connectivity index (χ3n) is 5.05. The zero-order valence-corrected chi connectivity index (χ0v) is 16.8. The van der Waals surface area contributed by atoms with Crippen LogP contribution in [0.5, 0.6) is 0 Å². The Morgan fingerprint density at radius 1 is 1.03 bits per heavy atom. The number of hydrogen-bond acceptors (Lipinski definition) is 7. The van der Waals surface area contributed by atoms with Crippen molar-refractivity contribution >= 4 is 38.9 Å². The summed E-state index contributed by atoms with van der Waals surface area (Å²) in [4.78, 5) is 26.6. The van der Waals surface area contributed by atoms with Crippen molar-refractivity contribution in [2.75, 3.05) is 10.3 Å². The number of benzene rings is 2. The van der Waals surface area contributed by atoms with Crippen LogP contribution in [0.3, 0.4) is 0 Å². The predicted octanol–water partition coefficient (Wildman–Crippen LogP) is 2.34. The van der Waals surface area contributed by atoms with Crippen molar-refractivity contribution in [3.63, 3.8) is 0 Å². The maximum Gasteiger partial charge on any atom is 0.286 e. The maximum absolute atomic E-state index is 13.4. The van der Waals surface area contributed by atoms with Crippen LogP contribution in [0.2, 0.25) is 0 Å². The van der Waals surface area contributed by atoms with E-state index < -0.39 is 27.6 Å². The fourth-order valence-corrected chi connectivity index (χ4v) is 4.78. The first-order valence-corrected chi connectivity index (χ1v) is 10.8. The minimum Gasteiger partial charge on any atom is -0.468 e. The number of amides is 1. The van der Waals surface area contributed by atoms with Crippen molar-refractivity contribution in [2.45, 2.75) is 11.4 Å². The quantitative estimate of drug-likeness (QED) is 0.602. The first kappa shape index (κ1) is 19.2. The molecule has 1 unspecified atom stereocenters. The highest BCUT2D eigenvalue weighted by molar-refractivity contribution is 7.90. The minimum absolute atomic E-state index is 0.0114. The number of rotatable bonds is 4. The summed E-state index contributed by atoms with van der Waals surface area (Å²) in [7, 11) is -4.06. The van der Waals surface area contributed by atoms with Crippen LogP contribution in [-0.2, 0) is 21.4 Å². The number of Topliss-reactive ketones (excluding diaryl/α,β-unsaturated/α-hetero) is 1. The largest absolute Gasteiger partial charge is 0.468 e. The lowest BCUT2D eigenvalue weighted by molar-refractivity contribution is -0.120. The molecule has 3 heterocycles. The number of sulfonamides is 1. The number of carbonyl (C=O) groups is 2. The average molecular weight is 436 g/mol. The second-order valence-corrected chi connectivity index (χ2v) is 8.55. The van der Waals surface area contributed by atoms with Crippen LogP contribution >= 0.6 is 0 Å². The number of fused-ring (bicyclic) bond motifs is 2. The van der Waals surface area contributed by atoms with E-state index in [1.807, 2.05) is 0 Å². The third kappa shape index (κ3) is 3.22. The molecule has 0 bridgehead atoms. The standard InChI is InChI=1S/C21H16N4O5S/c26-19-14-7-1-3-9-16(14)25(22-12-13-6-5-11-30-13)21(27)18(19)20-23-15-8-2-4-10-17(15)31(28,29)24-20/h1-11,18,22H,12H2,(H,23,24). The summed E-state index contributed by atoms with van der Waals surface area (Å²) in [5.41, 5.74) is 3.88. The van der Waals surface area contributed by atoms with Gasteiger partial charge in [0.05, 0.1) is 24.2 Å². The van der Waals surface area contributed by atoms with Crippen LogP contribution in [0.4, 0.5) is 11.4 Å². The summed E-state index contributed by atoms with van der Waals surface area (Å²) in [6.07, 6.45) is 1.51. The van der Waals surface area contributed by atoms with E-state index in [4.69, 9.17) is 4.42 Å². The molecule has 0 spiro atoms. The van der Waals surface area contributed by atoms with Crippen LogP contribution in [-0.4, -0.2) is 25.9 Å². The van der Waals surface area contributed by atoms with Crippen LogP contribution in [0.15, 0.2) is 80.6 Å². The second-order valence-electron chi connectivity index (χ2n) is 6.98. The number of furan rings is 1. The lowest BCUT2D eigenvalue weighted by atomic mass is 9.90. The number of para-hydroxylation sites is 2. The monoisotopic (exact) mass is 436 g/mol. The Bertz CT molecular complexity index is 1330. The molecule has 156 valence electrons. The van der Waals surface area contributed by atoms with Gasteiger partial charge < -0.3 is 9.73 Å². The molecular formula is C21H16N4O5S. The Morgan fingerprint density at radius 3 is 2.61 bits per heavy atom. The Balaban J connectivity index is 1.56. The van der Waals surface area contributed by atoms with E-state index in [0.717, 1.165) is 0 Å². The lowest BCUT2D eigenvalue weighted by Crippen LogP contribution is -2.55. The summed E-state index contributed by atoms with van der Waals surface area (Å²) < 4.78 is 34.4. The molecule has 0 aliphatic carbocycles. The van der Waals surface area contributed by atoms with Crippen molar-refractivity contribution in [1.82, 2.24) is 5.43 Å². The van der Waals surface area contributed by atoms with Gasteiger partial charge in [0, 0.05) is 5.56 Å². The highest BCUT2D eigenvalue weighted by Gasteiger charge is 2.45. The van der Waals surface area contributed by atoms with Gasteiger partial charge in [-0.1, -0.05) is 24.3 Å². The first-order valence-electron chi connectivity index (χ1n) is 9.40. The van der Waals surface area contributed by atoms with Crippen molar-refractivity contribution in [3.05, 3.63) is 78.3 Å². The van der Waals surface area contributed by atoms with Gasteiger partial charge in [-0.3, -0.25) is 9.59 Å². The lowest BCUT2D eigenvalue weighted by Gasteiger charge is -2.34. The summed E-state index contributed by atoms with van der Waals surface area (Å²) >= 11 is 0. The van der Waals surface area contributed by atoms with Crippen LogP contribution in [0.1, 0.15) is 16.1 Å². The minimum atomic E-state index is -4.06. The number of carbonyl (C=O) groups excluding carboxylic acids is 2. The molecule has 0 saturated carbocycles. The molecule has 2 aliphatic heterocycles. The topological polar surface area (TPSA) is 121 Å². The van der Waals surface area contributed by atoms with E-state index in [2.05, 4.69) is 15.1 Å². The van der Waals surface area contributed by atoms with Crippen molar-refractivity contribution < 1.29 is 22.4 Å². The summed E-state index contributed by atoms with van der Waals surface area (Å²) in [5, 5.41) is 4.10. The molecule has 0 fully saturated rings. The van der Waals surface area contributed by atoms with Gasteiger partial charge in [-0.25, -0.2) is 10.4 Å². The number of amidine groups is 1. The summed E-state index contributed by atoms with van der Waals surface area (Å²) in [5.74, 6) is -2.26.